The SMILES string of the molecule is CCC[C@@H](C)Nc1ncc2c(-c3ccc(CN4CCOCC4)cc3)cn([C@H]3CC[C@H](O)CC3)c2n1. The smallest absolute Gasteiger partial charge is 0.224 e. The topological polar surface area (TPSA) is 75.4 Å². The first kappa shape index (κ1) is 24.2. The number of anilines is 1. The molecule has 0 spiro atoms. The molecule has 3 heterocycles. The molecule has 5 rings (SSSR count). The van der Waals surface area contributed by atoms with Crippen molar-refractivity contribution in [1.82, 2.24) is 19.4 Å². The summed E-state index contributed by atoms with van der Waals surface area (Å²) in [5, 5.41) is 14.6. The van der Waals surface area contributed by atoms with Gasteiger partial charge in [-0.2, -0.15) is 4.98 Å². The Labute approximate surface area is 208 Å². The van der Waals surface area contributed by atoms with E-state index in [4.69, 9.17) is 9.72 Å². The normalized spacial score (nSPS) is 22.4. The summed E-state index contributed by atoms with van der Waals surface area (Å²) in [5.41, 5.74) is 4.68. The van der Waals surface area contributed by atoms with E-state index >= 15 is 0 Å². The number of nitrogens with one attached hydrogen (secondary N) is 1. The molecule has 0 unspecified atom stereocenters. The summed E-state index contributed by atoms with van der Waals surface area (Å²) in [6, 6.07) is 9.64. The second kappa shape index (κ2) is 11.1. The van der Waals surface area contributed by atoms with E-state index in [9.17, 15) is 5.11 Å². The van der Waals surface area contributed by atoms with Crippen LogP contribution in [0, 0.1) is 0 Å². The molecule has 188 valence electrons. The Morgan fingerprint density at radius 3 is 2.57 bits per heavy atom. The lowest BCUT2D eigenvalue weighted by atomic mass is 9.93. The third kappa shape index (κ3) is 5.68. The summed E-state index contributed by atoms with van der Waals surface area (Å²) in [7, 11) is 0. The molecular formula is C28H39N5O2. The van der Waals surface area contributed by atoms with Crippen molar-refractivity contribution < 1.29 is 9.84 Å². The second-order valence-electron chi connectivity index (χ2n) is 10.3. The Balaban J connectivity index is 1.45. The minimum absolute atomic E-state index is 0.173. The van der Waals surface area contributed by atoms with Crippen LogP contribution in [0.3, 0.4) is 0 Å². The van der Waals surface area contributed by atoms with Gasteiger partial charge in [0.05, 0.1) is 19.3 Å². The average molecular weight is 478 g/mol. The van der Waals surface area contributed by atoms with Crippen LogP contribution >= 0.6 is 0 Å². The molecule has 2 fully saturated rings. The van der Waals surface area contributed by atoms with Gasteiger partial charge in [0.1, 0.15) is 5.65 Å². The van der Waals surface area contributed by atoms with Gasteiger partial charge in [-0.25, -0.2) is 4.98 Å². The number of hydrogen-bond acceptors (Lipinski definition) is 6. The van der Waals surface area contributed by atoms with Gasteiger partial charge in [-0.3, -0.25) is 4.90 Å². The second-order valence-corrected chi connectivity index (χ2v) is 10.3. The zero-order valence-corrected chi connectivity index (χ0v) is 21.1. The summed E-state index contributed by atoms with van der Waals surface area (Å²) in [6.07, 6.45) is 9.93. The van der Waals surface area contributed by atoms with E-state index in [1.165, 1.54) is 16.7 Å². The third-order valence-corrected chi connectivity index (χ3v) is 7.50. The lowest BCUT2D eigenvalue weighted by Gasteiger charge is -2.27. The number of hydrogen-bond donors (Lipinski definition) is 2. The van der Waals surface area contributed by atoms with Gasteiger partial charge < -0.3 is 19.7 Å². The first-order chi connectivity index (χ1) is 17.1. The molecule has 3 aromatic rings. The van der Waals surface area contributed by atoms with Gasteiger partial charge in [-0.15, -0.1) is 0 Å². The van der Waals surface area contributed by atoms with Crippen LogP contribution in [0.2, 0.25) is 0 Å². The maximum atomic E-state index is 10.1. The minimum Gasteiger partial charge on any atom is -0.393 e. The number of morpholine rings is 1. The molecule has 7 nitrogen and oxygen atoms in total. The predicted octanol–water partition coefficient (Wildman–Crippen LogP) is 5.01. The number of aliphatic hydroxyl groups excluding tert-OH is 1. The maximum Gasteiger partial charge on any atom is 0.224 e. The quantitative estimate of drug-likeness (QED) is 0.475. The summed E-state index contributed by atoms with van der Waals surface area (Å²) >= 11 is 0. The van der Waals surface area contributed by atoms with Crippen molar-refractivity contribution in [3.05, 3.63) is 42.2 Å². The number of nitrogens with zero attached hydrogens (tertiary/aromatic N) is 4. The minimum atomic E-state index is -0.173. The Hall–Kier alpha value is -2.48. The highest BCUT2D eigenvalue weighted by Crippen LogP contribution is 2.36. The van der Waals surface area contributed by atoms with Crippen molar-refractivity contribution >= 4 is 17.0 Å². The molecule has 2 N–H and O–H groups in total. The van der Waals surface area contributed by atoms with Crippen molar-refractivity contribution in [2.24, 2.45) is 0 Å². The Morgan fingerprint density at radius 2 is 1.86 bits per heavy atom. The number of benzene rings is 1. The maximum absolute atomic E-state index is 10.1. The average Bonchev–Trinajstić information content (AvgIpc) is 3.24. The highest BCUT2D eigenvalue weighted by molar-refractivity contribution is 5.94. The van der Waals surface area contributed by atoms with E-state index < -0.39 is 0 Å². The Morgan fingerprint density at radius 1 is 1.11 bits per heavy atom. The van der Waals surface area contributed by atoms with Crippen molar-refractivity contribution in [1.29, 1.82) is 0 Å². The molecule has 1 aliphatic heterocycles. The fraction of sp³-hybridized carbons (Fsp3) is 0.571. The Bertz CT molecular complexity index is 1100. The van der Waals surface area contributed by atoms with Gasteiger partial charge in [0.25, 0.3) is 0 Å². The number of rotatable bonds is 8. The molecule has 2 aromatic heterocycles. The molecule has 0 radical (unpaired) electrons. The molecule has 2 aliphatic rings. The van der Waals surface area contributed by atoms with Crippen molar-refractivity contribution in [3.63, 3.8) is 0 Å². The summed E-state index contributed by atoms with van der Waals surface area (Å²) in [5.74, 6) is 0.695. The molecular weight excluding hydrogens is 438 g/mol. The zero-order valence-electron chi connectivity index (χ0n) is 21.1. The summed E-state index contributed by atoms with van der Waals surface area (Å²) in [6.45, 7) is 8.98. The van der Waals surface area contributed by atoms with Crippen LogP contribution in [-0.2, 0) is 11.3 Å². The van der Waals surface area contributed by atoms with E-state index in [2.05, 4.69) is 64.1 Å². The van der Waals surface area contributed by atoms with E-state index in [0.29, 0.717) is 18.0 Å². The molecule has 1 saturated heterocycles. The van der Waals surface area contributed by atoms with Gasteiger partial charge in [-0.05, 0) is 50.2 Å². The van der Waals surface area contributed by atoms with Gasteiger partial charge in [0.15, 0.2) is 0 Å². The van der Waals surface area contributed by atoms with Crippen molar-refractivity contribution in [2.45, 2.75) is 77.1 Å². The summed E-state index contributed by atoms with van der Waals surface area (Å²) in [4.78, 5) is 12.1. The van der Waals surface area contributed by atoms with Crippen molar-refractivity contribution in [3.8, 4) is 11.1 Å². The number of fused-ring (bicyclic) bond motifs is 1. The van der Waals surface area contributed by atoms with E-state index in [-0.39, 0.29) is 6.10 Å². The molecule has 1 atom stereocenters. The van der Waals surface area contributed by atoms with Gasteiger partial charge >= 0.3 is 0 Å². The predicted molar refractivity (Wildman–Crippen MR) is 141 cm³/mol. The van der Waals surface area contributed by atoms with Crippen molar-refractivity contribution in [2.75, 3.05) is 31.6 Å². The molecule has 0 amide bonds. The molecule has 35 heavy (non-hydrogen) atoms. The van der Waals surface area contributed by atoms with E-state index in [1.807, 2.05) is 6.20 Å². The van der Waals surface area contributed by atoms with Gasteiger partial charge in [-0.1, -0.05) is 37.6 Å². The fourth-order valence-electron chi connectivity index (χ4n) is 5.48. The molecule has 1 aliphatic carbocycles. The monoisotopic (exact) mass is 477 g/mol. The first-order valence-corrected chi connectivity index (χ1v) is 13.3. The lowest BCUT2D eigenvalue weighted by molar-refractivity contribution is 0.0342. The van der Waals surface area contributed by atoms with Crippen LogP contribution < -0.4 is 5.32 Å². The number of aromatic nitrogens is 3. The largest absolute Gasteiger partial charge is 0.393 e. The van der Waals surface area contributed by atoms with E-state index in [0.717, 1.165) is 82.4 Å². The highest BCUT2D eigenvalue weighted by Gasteiger charge is 2.24. The summed E-state index contributed by atoms with van der Waals surface area (Å²) < 4.78 is 7.82. The molecule has 7 heteroatoms. The highest BCUT2D eigenvalue weighted by atomic mass is 16.5. The fourth-order valence-corrected chi connectivity index (χ4v) is 5.48. The van der Waals surface area contributed by atoms with Crippen LogP contribution in [0.15, 0.2) is 36.7 Å². The Kier molecular flexibility index (Phi) is 7.66. The molecule has 0 bridgehead atoms. The van der Waals surface area contributed by atoms with Crippen LogP contribution in [0.4, 0.5) is 5.95 Å². The molecule has 1 saturated carbocycles. The van der Waals surface area contributed by atoms with Crippen LogP contribution in [0.25, 0.3) is 22.2 Å². The molecule has 1 aromatic carbocycles. The van der Waals surface area contributed by atoms with E-state index in [1.54, 1.807) is 0 Å². The number of aliphatic hydroxyl groups is 1. The van der Waals surface area contributed by atoms with Crippen LogP contribution in [0.5, 0.6) is 0 Å². The standard InChI is InChI=1S/C28H39N5O2/c1-3-4-20(2)30-28-29-17-25-26(19-33(27(25)31-28)23-9-11-24(34)12-10-23)22-7-5-21(6-8-22)18-32-13-15-35-16-14-32/h5-8,17,19-20,23-24,34H,3-4,9-16,18H2,1-2H3,(H,29,30,31)/t20-,23-,24-/m1/s1. The zero-order chi connectivity index (χ0) is 24.2. The van der Waals surface area contributed by atoms with Gasteiger partial charge in [0.2, 0.25) is 5.95 Å². The van der Waals surface area contributed by atoms with Crippen LogP contribution in [0.1, 0.15) is 64.0 Å². The van der Waals surface area contributed by atoms with Crippen LogP contribution in [-0.4, -0.2) is 63.0 Å². The first-order valence-electron chi connectivity index (χ1n) is 13.3. The lowest BCUT2D eigenvalue weighted by Crippen LogP contribution is -2.35. The van der Waals surface area contributed by atoms with Gasteiger partial charge in [0, 0.05) is 55.1 Å². The third-order valence-electron chi connectivity index (χ3n) is 7.50. The number of ether oxygens (including phenoxy) is 1.